The standard InChI is InChI=1S/C13H17ClFN/c1-2-12(16-8-9-6-7-9)10-4-3-5-11(14)13(10)15/h3-5,9,12,16H,2,6-8H2,1H3. The summed E-state index contributed by atoms with van der Waals surface area (Å²) in [5.74, 6) is 0.524. The summed E-state index contributed by atoms with van der Waals surface area (Å²) < 4.78 is 13.8. The Hall–Kier alpha value is -0.600. The van der Waals surface area contributed by atoms with Crippen LogP contribution in [0.4, 0.5) is 4.39 Å². The molecule has 0 aliphatic heterocycles. The first kappa shape index (κ1) is 11.9. The zero-order valence-corrected chi connectivity index (χ0v) is 10.2. The zero-order valence-electron chi connectivity index (χ0n) is 9.47. The summed E-state index contributed by atoms with van der Waals surface area (Å²) in [4.78, 5) is 0. The summed E-state index contributed by atoms with van der Waals surface area (Å²) in [6, 6.07) is 5.30. The van der Waals surface area contributed by atoms with Crippen molar-refractivity contribution in [3.63, 3.8) is 0 Å². The molecule has 0 amide bonds. The Labute approximate surface area is 101 Å². The summed E-state index contributed by atoms with van der Waals surface area (Å²) >= 11 is 5.79. The van der Waals surface area contributed by atoms with E-state index in [4.69, 9.17) is 11.6 Å². The fourth-order valence-electron chi connectivity index (χ4n) is 1.89. The van der Waals surface area contributed by atoms with Crippen LogP contribution in [-0.4, -0.2) is 6.54 Å². The van der Waals surface area contributed by atoms with E-state index in [0.29, 0.717) is 5.56 Å². The molecule has 1 atom stereocenters. The van der Waals surface area contributed by atoms with Gasteiger partial charge < -0.3 is 5.32 Å². The van der Waals surface area contributed by atoms with Crippen molar-refractivity contribution in [2.24, 2.45) is 5.92 Å². The Morgan fingerprint density at radius 2 is 2.25 bits per heavy atom. The predicted molar refractivity (Wildman–Crippen MR) is 65.2 cm³/mol. The van der Waals surface area contributed by atoms with E-state index in [9.17, 15) is 4.39 Å². The lowest BCUT2D eigenvalue weighted by Crippen LogP contribution is -2.23. The molecule has 1 aromatic carbocycles. The van der Waals surface area contributed by atoms with E-state index in [1.54, 1.807) is 6.07 Å². The van der Waals surface area contributed by atoms with Gasteiger partial charge in [0.2, 0.25) is 0 Å². The summed E-state index contributed by atoms with van der Waals surface area (Å²) in [6.07, 6.45) is 3.49. The number of rotatable bonds is 5. The highest BCUT2D eigenvalue weighted by molar-refractivity contribution is 6.30. The van der Waals surface area contributed by atoms with Crippen LogP contribution in [0.1, 0.15) is 37.8 Å². The Bertz CT molecular complexity index is 363. The van der Waals surface area contributed by atoms with E-state index in [0.717, 1.165) is 18.9 Å². The van der Waals surface area contributed by atoms with Crippen LogP contribution < -0.4 is 5.32 Å². The van der Waals surface area contributed by atoms with Crippen molar-refractivity contribution >= 4 is 11.6 Å². The fraction of sp³-hybridized carbons (Fsp3) is 0.538. The van der Waals surface area contributed by atoms with Crippen molar-refractivity contribution in [3.05, 3.63) is 34.6 Å². The molecule has 0 spiro atoms. The third-order valence-corrected chi connectivity index (χ3v) is 3.41. The van der Waals surface area contributed by atoms with Gasteiger partial charge in [-0.2, -0.15) is 0 Å². The maximum atomic E-state index is 13.8. The van der Waals surface area contributed by atoms with Gasteiger partial charge in [0.15, 0.2) is 0 Å². The van der Waals surface area contributed by atoms with Crippen molar-refractivity contribution in [3.8, 4) is 0 Å². The molecule has 0 aromatic heterocycles. The molecule has 1 nitrogen and oxygen atoms in total. The SMILES string of the molecule is CCC(NCC1CC1)c1cccc(Cl)c1F. The van der Waals surface area contributed by atoms with Crippen LogP contribution in [0.3, 0.4) is 0 Å². The van der Waals surface area contributed by atoms with Crippen LogP contribution in [0.25, 0.3) is 0 Å². The molecule has 3 heteroatoms. The van der Waals surface area contributed by atoms with E-state index in [-0.39, 0.29) is 16.9 Å². The third-order valence-electron chi connectivity index (χ3n) is 3.11. The highest BCUT2D eigenvalue weighted by Gasteiger charge is 2.23. The predicted octanol–water partition coefficient (Wildman–Crippen LogP) is 3.93. The molecule has 1 unspecified atom stereocenters. The molecular formula is C13H17ClFN. The van der Waals surface area contributed by atoms with Crippen LogP contribution in [0, 0.1) is 11.7 Å². The average Bonchev–Trinajstić information content (AvgIpc) is 3.08. The molecule has 2 rings (SSSR count). The molecule has 0 bridgehead atoms. The van der Waals surface area contributed by atoms with Gasteiger partial charge in [0, 0.05) is 11.6 Å². The average molecular weight is 242 g/mol. The number of halogens is 2. The quantitative estimate of drug-likeness (QED) is 0.824. The van der Waals surface area contributed by atoms with Crippen molar-refractivity contribution in [2.75, 3.05) is 6.54 Å². The second kappa shape index (κ2) is 5.15. The molecular weight excluding hydrogens is 225 g/mol. The number of hydrogen-bond donors (Lipinski definition) is 1. The molecule has 1 fully saturated rings. The topological polar surface area (TPSA) is 12.0 Å². The van der Waals surface area contributed by atoms with Crippen LogP contribution in [0.2, 0.25) is 5.02 Å². The summed E-state index contributed by atoms with van der Waals surface area (Å²) in [5.41, 5.74) is 0.690. The van der Waals surface area contributed by atoms with E-state index in [1.165, 1.54) is 12.8 Å². The highest BCUT2D eigenvalue weighted by atomic mass is 35.5. The van der Waals surface area contributed by atoms with Gasteiger partial charge in [-0.1, -0.05) is 30.7 Å². The Kier molecular flexibility index (Phi) is 3.82. The fourth-order valence-corrected chi connectivity index (χ4v) is 2.08. The van der Waals surface area contributed by atoms with E-state index < -0.39 is 0 Å². The molecule has 0 heterocycles. The first-order valence-corrected chi connectivity index (χ1v) is 6.27. The van der Waals surface area contributed by atoms with Gasteiger partial charge in [-0.3, -0.25) is 0 Å². The Balaban J connectivity index is 2.08. The number of hydrogen-bond acceptors (Lipinski definition) is 1. The normalized spacial score (nSPS) is 17.4. The largest absolute Gasteiger partial charge is 0.310 e. The van der Waals surface area contributed by atoms with E-state index >= 15 is 0 Å². The first-order chi connectivity index (χ1) is 7.72. The van der Waals surface area contributed by atoms with Crippen molar-refractivity contribution in [1.82, 2.24) is 5.32 Å². The maximum Gasteiger partial charge on any atom is 0.146 e. The van der Waals surface area contributed by atoms with Gasteiger partial charge >= 0.3 is 0 Å². The third kappa shape index (κ3) is 2.74. The van der Waals surface area contributed by atoms with E-state index in [2.05, 4.69) is 12.2 Å². The molecule has 88 valence electrons. The molecule has 1 N–H and O–H groups in total. The van der Waals surface area contributed by atoms with Crippen LogP contribution in [0.15, 0.2) is 18.2 Å². The number of nitrogens with one attached hydrogen (secondary N) is 1. The summed E-state index contributed by atoms with van der Waals surface area (Å²) in [5, 5.41) is 3.63. The molecule has 1 aliphatic rings. The van der Waals surface area contributed by atoms with Crippen molar-refractivity contribution < 1.29 is 4.39 Å². The molecule has 0 radical (unpaired) electrons. The summed E-state index contributed by atoms with van der Waals surface area (Å²) in [7, 11) is 0. The van der Waals surface area contributed by atoms with Crippen molar-refractivity contribution in [2.45, 2.75) is 32.2 Å². The lowest BCUT2D eigenvalue weighted by molar-refractivity contribution is 0.477. The van der Waals surface area contributed by atoms with Crippen LogP contribution in [-0.2, 0) is 0 Å². The van der Waals surface area contributed by atoms with Gasteiger partial charge in [0.05, 0.1) is 5.02 Å². The number of benzene rings is 1. The smallest absolute Gasteiger partial charge is 0.146 e. The Morgan fingerprint density at radius 3 is 2.88 bits per heavy atom. The molecule has 1 saturated carbocycles. The van der Waals surface area contributed by atoms with E-state index in [1.807, 2.05) is 12.1 Å². The lowest BCUT2D eigenvalue weighted by atomic mass is 10.0. The highest BCUT2D eigenvalue weighted by Crippen LogP contribution is 2.30. The van der Waals surface area contributed by atoms with Crippen molar-refractivity contribution in [1.29, 1.82) is 0 Å². The minimum absolute atomic E-state index is 0.0827. The van der Waals surface area contributed by atoms with Gasteiger partial charge in [0.25, 0.3) is 0 Å². The van der Waals surface area contributed by atoms with Gasteiger partial charge in [-0.25, -0.2) is 4.39 Å². The lowest BCUT2D eigenvalue weighted by Gasteiger charge is -2.18. The maximum absolute atomic E-state index is 13.8. The van der Waals surface area contributed by atoms with Crippen LogP contribution >= 0.6 is 11.6 Å². The molecule has 1 aromatic rings. The Morgan fingerprint density at radius 1 is 1.50 bits per heavy atom. The minimum atomic E-state index is -0.278. The van der Waals surface area contributed by atoms with Gasteiger partial charge in [-0.05, 0) is 37.8 Å². The molecule has 16 heavy (non-hydrogen) atoms. The van der Waals surface area contributed by atoms with Gasteiger partial charge in [0.1, 0.15) is 5.82 Å². The second-order valence-electron chi connectivity index (χ2n) is 4.46. The molecule has 0 saturated heterocycles. The van der Waals surface area contributed by atoms with Crippen LogP contribution in [0.5, 0.6) is 0 Å². The first-order valence-electron chi connectivity index (χ1n) is 5.89. The summed E-state index contributed by atoms with van der Waals surface area (Å²) in [6.45, 7) is 3.05. The minimum Gasteiger partial charge on any atom is -0.310 e. The monoisotopic (exact) mass is 241 g/mol. The second-order valence-corrected chi connectivity index (χ2v) is 4.86. The zero-order chi connectivity index (χ0) is 11.5. The van der Waals surface area contributed by atoms with Gasteiger partial charge in [-0.15, -0.1) is 0 Å². The molecule has 1 aliphatic carbocycles.